The van der Waals surface area contributed by atoms with Crippen molar-refractivity contribution in [3.8, 4) is 0 Å². The molecular weight excluding hydrogens is 356 g/mol. The minimum Gasteiger partial charge on any atom is -0.465 e. The molecule has 0 unspecified atom stereocenters. The number of carbonyl (C=O) groups excluding carboxylic acids is 3. The number of anilines is 2. The normalized spacial score (nSPS) is 10.0. The molecule has 3 aromatic carbocycles. The van der Waals surface area contributed by atoms with Crippen molar-refractivity contribution in [3.63, 3.8) is 0 Å². The molecule has 2 amide bonds. The van der Waals surface area contributed by atoms with E-state index in [9.17, 15) is 14.4 Å². The van der Waals surface area contributed by atoms with Crippen molar-refractivity contribution in [2.45, 2.75) is 0 Å². The van der Waals surface area contributed by atoms with E-state index in [1.165, 1.54) is 19.2 Å². The molecule has 0 atom stereocenters. The van der Waals surface area contributed by atoms with E-state index in [-0.39, 0.29) is 5.91 Å². The van der Waals surface area contributed by atoms with E-state index < -0.39 is 11.9 Å². The lowest BCUT2D eigenvalue weighted by molar-refractivity contribution is 0.0600. The van der Waals surface area contributed by atoms with Crippen LogP contribution in [0.15, 0.2) is 78.9 Å². The van der Waals surface area contributed by atoms with Crippen LogP contribution in [0.2, 0.25) is 0 Å². The highest BCUT2D eigenvalue weighted by Crippen LogP contribution is 2.15. The van der Waals surface area contributed by atoms with Gasteiger partial charge >= 0.3 is 5.97 Å². The van der Waals surface area contributed by atoms with E-state index in [1.54, 1.807) is 48.5 Å². The Morgan fingerprint density at radius 3 is 1.82 bits per heavy atom. The Kier molecular flexibility index (Phi) is 5.81. The number of carbonyl (C=O) groups is 3. The predicted molar refractivity (Wildman–Crippen MR) is 107 cm³/mol. The maximum absolute atomic E-state index is 12.5. The maximum atomic E-state index is 12.5. The number of amides is 2. The Bertz CT molecular complexity index is 1020. The van der Waals surface area contributed by atoms with Gasteiger partial charge in [0.2, 0.25) is 0 Å². The van der Waals surface area contributed by atoms with Gasteiger partial charge in [0.1, 0.15) is 0 Å². The van der Waals surface area contributed by atoms with Crippen LogP contribution in [0.1, 0.15) is 31.1 Å². The fourth-order valence-electron chi connectivity index (χ4n) is 2.57. The number of rotatable bonds is 5. The van der Waals surface area contributed by atoms with Gasteiger partial charge in [-0.15, -0.1) is 0 Å². The zero-order valence-corrected chi connectivity index (χ0v) is 15.1. The summed E-state index contributed by atoms with van der Waals surface area (Å²) in [5.41, 5.74) is 2.13. The first-order valence-electron chi connectivity index (χ1n) is 8.53. The lowest BCUT2D eigenvalue weighted by atomic mass is 10.1. The summed E-state index contributed by atoms with van der Waals surface area (Å²) >= 11 is 0. The fraction of sp³-hybridized carbons (Fsp3) is 0.0455. The second-order valence-electron chi connectivity index (χ2n) is 5.93. The summed E-state index contributed by atoms with van der Waals surface area (Å²) in [6.07, 6.45) is 0. The summed E-state index contributed by atoms with van der Waals surface area (Å²) in [5, 5.41) is 5.49. The highest BCUT2D eigenvalue weighted by atomic mass is 16.5. The molecule has 2 N–H and O–H groups in total. The third kappa shape index (κ3) is 4.62. The molecular formula is C22H18N2O4. The second-order valence-corrected chi connectivity index (χ2v) is 5.93. The van der Waals surface area contributed by atoms with Gasteiger partial charge < -0.3 is 15.4 Å². The summed E-state index contributed by atoms with van der Waals surface area (Å²) < 4.78 is 4.68. The molecule has 6 heteroatoms. The van der Waals surface area contributed by atoms with Gasteiger partial charge in [-0.1, -0.05) is 30.3 Å². The molecule has 0 aromatic heterocycles. The molecule has 0 fully saturated rings. The van der Waals surface area contributed by atoms with Crippen LogP contribution in [0.5, 0.6) is 0 Å². The van der Waals surface area contributed by atoms with E-state index in [0.29, 0.717) is 28.1 Å². The zero-order chi connectivity index (χ0) is 19.9. The number of hydrogen-bond donors (Lipinski definition) is 2. The summed E-state index contributed by atoms with van der Waals surface area (Å²) in [7, 11) is 1.29. The van der Waals surface area contributed by atoms with Gasteiger partial charge in [-0.05, 0) is 48.5 Å². The topological polar surface area (TPSA) is 84.5 Å². The van der Waals surface area contributed by atoms with Crippen LogP contribution in [0.25, 0.3) is 0 Å². The Morgan fingerprint density at radius 1 is 0.643 bits per heavy atom. The molecule has 3 aromatic rings. The first kappa shape index (κ1) is 18.8. The molecule has 0 aliphatic carbocycles. The number of benzene rings is 3. The molecule has 0 aliphatic rings. The van der Waals surface area contributed by atoms with E-state index in [4.69, 9.17) is 0 Å². The standard InChI is InChI=1S/C22H18N2O4/c1-28-22(27)17-9-6-12-19(14-17)24-21(26)16-8-5-7-15(13-16)20(25)23-18-10-3-2-4-11-18/h2-14H,1H3,(H,23,25)(H,24,26). The van der Waals surface area contributed by atoms with Gasteiger partial charge in [-0.3, -0.25) is 9.59 Å². The van der Waals surface area contributed by atoms with Gasteiger partial charge in [0.25, 0.3) is 11.8 Å². The van der Waals surface area contributed by atoms with Crippen LogP contribution in [0, 0.1) is 0 Å². The smallest absolute Gasteiger partial charge is 0.337 e. The molecule has 0 spiro atoms. The van der Waals surface area contributed by atoms with Crippen LogP contribution in [-0.4, -0.2) is 24.9 Å². The Morgan fingerprint density at radius 2 is 1.18 bits per heavy atom. The first-order valence-corrected chi connectivity index (χ1v) is 8.53. The highest BCUT2D eigenvalue weighted by molar-refractivity contribution is 6.09. The van der Waals surface area contributed by atoms with Crippen molar-refractivity contribution in [2.75, 3.05) is 17.7 Å². The minimum atomic E-state index is -0.490. The highest BCUT2D eigenvalue weighted by Gasteiger charge is 2.12. The van der Waals surface area contributed by atoms with Crippen molar-refractivity contribution < 1.29 is 19.1 Å². The molecule has 28 heavy (non-hydrogen) atoms. The van der Waals surface area contributed by atoms with E-state index >= 15 is 0 Å². The molecule has 0 aliphatic heterocycles. The molecule has 0 heterocycles. The first-order chi connectivity index (χ1) is 13.6. The third-order valence-electron chi connectivity index (χ3n) is 3.96. The van der Waals surface area contributed by atoms with Crippen LogP contribution in [0.3, 0.4) is 0 Å². The van der Waals surface area contributed by atoms with Crippen molar-refractivity contribution in [1.82, 2.24) is 0 Å². The largest absolute Gasteiger partial charge is 0.465 e. The van der Waals surface area contributed by atoms with E-state index in [0.717, 1.165) is 0 Å². The average molecular weight is 374 g/mol. The van der Waals surface area contributed by atoms with Crippen LogP contribution in [0.4, 0.5) is 11.4 Å². The van der Waals surface area contributed by atoms with Gasteiger partial charge in [0, 0.05) is 22.5 Å². The number of ether oxygens (including phenoxy) is 1. The number of esters is 1. The number of hydrogen-bond acceptors (Lipinski definition) is 4. The Labute approximate surface area is 162 Å². The predicted octanol–water partition coefficient (Wildman–Crippen LogP) is 3.98. The van der Waals surface area contributed by atoms with E-state index in [1.807, 2.05) is 18.2 Å². The van der Waals surface area contributed by atoms with Gasteiger partial charge in [0.05, 0.1) is 12.7 Å². The Balaban J connectivity index is 1.74. The lowest BCUT2D eigenvalue weighted by Gasteiger charge is -2.09. The van der Waals surface area contributed by atoms with Gasteiger partial charge in [-0.2, -0.15) is 0 Å². The van der Waals surface area contributed by atoms with Crippen molar-refractivity contribution in [2.24, 2.45) is 0 Å². The lowest BCUT2D eigenvalue weighted by Crippen LogP contribution is -2.15. The van der Waals surface area contributed by atoms with Crippen LogP contribution < -0.4 is 10.6 Å². The SMILES string of the molecule is COC(=O)c1cccc(NC(=O)c2cccc(C(=O)Nc3ccccc3)c2)c1. The molecule has 140 valence electrons. The molecule has 0 radical (unpaired) electrons. The monoisotopic (exact) mass is 374 g/mol. The molecule has 0 saturated carbocycles. The van der Waals surface area contributed by atoms with Crippen LogP contribution in [-0.2, 0) is 4.74 Å². The van der Waals surface area contributed by atoms with E-state index in [2.05, 4.69) is 15.4 Å². The number of para-hydroxylation sites is 1. The van der Waals surface area contributed by atoms with Gasteiger partial charge in [0.15, 0.2) is 0 Å². The molecule has 3 rings (SSSR count). The van der Waals surface area contributed by atoms with Crippen molar-refractivity contribution in [3.05, 3.63) is 95.6 Å². The molecule has 6 nitrogen and oxygen atoms in total. The summed E-state index contributed by atoms with van der Waals surface area (Å²) in [6.45, 7) is 0. The molecule has 0 saturated heterocycles. The quantitative estimate of drug-likeness (QED) is 0.662. The molecule has 0 bridgehead atoms. The van der Waals surface area contributed by atoms with Gasteiger partial charge in [-0.25, -0.2) is 4.79 Å². The van der Waals surface area contributed by atoms with Crippen molar-refractivity contribution >= 4 is 29.2 Å². The fourth-order valence-corrected chi connectivity index (χ4v) is 2.57. The number of methoxy groups -OCH3 is 1. The summed E-state index contributed by atoms with van der Waals surface area (Å²) in [4.78, 5) is 36.6. The average Bonchev–Trinajstić information content (AvgIpc) is 2.74. The Hall–Kier alpha value is -3.93. The third-order valence-corrected chi connectivity index (χ3v) is 3.96. The zero-order valence-electron chi connectivity index (χ0n) is 15.1. The maximum Gasteiger partial charge on any atom is 0.337 e. The summed E-state index contributed by atoms with van der Waals surface area (Å²) in [5.74, 6) is -1.19. The minimum absolute atomic E-state index is 0.312. The second kappa shape index (κ2) is 8.64. The number of nitrogens with one attached hydrogen (secondary N) is 2. The van der Waals surface area contributed by atoms with Crippen molar-refractivity contribution in [1.29, 1.82) is 0 Å². The summed E-state index contributed by atoms with van der Waals surface area (Å²) in [6, 6.07) is 21.9. The van der Waals surface area contributed by atoms with Crippen LogP contribution >= 0.6 is 0 Å².